The van der Waals surface area contributed by atoms with E-state index < -0.39 is 17.5 Å². The molecule has 6 heteroatoms. The number of hydrogen-bond acceptors (Lipinski definition) is 5. The van der Waals surface area contributed by atoms with Gasteiger partial charge in [0.05, 0.1) is 18.4 Å². The third-order valence-electron chi connectivity index (χ3n) is 3.18. The number of rotatable bonds is 1. The van der Waals surface area contributed by atoms with Crippen LogP contribution in [0.3, 0.4) is 0 Å². The first-order valence-electron chi connectivity index (χ1n) is 5.90. The molecule has 0 fully saturated rings. The molecule has 0 amide bonds. The quantitative estimate of drug-likeness (QED) is 0.627. The molecule has 100 valence electrons. The van der Waals surface area contributed by atoms with Gasteiger partial charge in [-0.1, -0.05) is 0 Å². The summed E-state index contributed by atoms with van der Waals surface area (Å²) in [6.45, 7) is 1.83. The second-order valence-electron chi connectivity index (χ2n) is 4.53. The van der Waals surface area contributed by atoms with Crippen molar-refractivity contribution < 1.29 is 19.1 Å². The molecule has 1 aliphatic rings. The van der Waals surface area contributed by atoms with E-state index in [1.165, 1.54) is 19.4 Å². The number of aryl methyl sites for hydroxylation is 1. The smallest absolute Gasteiger partial charge is 0.354 e. The average molecular weight is 270 g/mol. The number of fused-ring (bicyclic) bond motifs is 3. The van der Waals surface area contributed by atoms with Gasteiger partial charge in [-0.25, -0.2) is 4.79 Å². The van der Waals surface area contributed by atoms with E-state index in [1.54, 1.807) is 6.07 Å². The first-order chi connectivity index (χ1) is 9.52. The highest BCUT2D eigenvalue weighted by atomic mass is 16.5. The Bertz CT molecular complexity index is 773. The molecule has 0 spiro atoms. The Kier molecular flexibility index (Phi) is 2.53. The lowest BCUT2D eigenvalue weighted by Crippen LogP contribution is -2.21. The van der Waals surface area contributed by atoms with E-state index in [9.17, 15) is 14.4 Å². The van der Waals surface area contributed by atoms with Crippen molar-refractivity contribution in [2.45, 2.75) is 6.92 Å². The van der Waals surface area contributed by atoms with Crippen LogP contribution in [0.5, 0.6) is 0 Å². The molecular formula is C14H10N2O4. The topological polar surface area (TPSA) is 89.1 Å². The van der Waals surface area contributed by atoms with Crippen LogP contribution < -0.4 is 0 Å². The summed E-state index contributed by atoms with van der Waals surface area (Å²) in [6, 6.07) is 3.09. The van der Waals surface area contributed by atoms with Crippen molar-refractivity contribution in [1.29, 1.82) is 0 Å². The molecule has 0 radical (unpaired) electrons. The molecule has 1 N–H and O–H groups in total. The Hall–Kier alpha value is -2.76. The minimum atomic E-state index is -0.671. The Morgan fingerprint density at radius 1 is 1.20 bits per heavy atom. The molecule has 0 bridgehead atoms. The van der Waals surface area contributed by atoms with E-state index in [2.05, 4.69) is 14.7 Å². The number of pyridine rings is 1. The molecule has 2 aromatic heterocycles. The average Bonchev–Trinajstić information content (AvgIpc) is 2.89. The number of nitrogens with one attached hydrogen (secondary N) is 1. The van der Waals surface area contributed by atoms with Crippen molar-refractivity contribution in [3.63, 3.8) is 0 Å². The highest BCUT2D eigenvalue weighted by molar-refractivity contribution is 6.52. The predicted octanol–water partition coefficient (Wildman–Crippen LogP) is 1.55. The summed E-state index contributed by atoms with van der Waals surface area (Å²) >= 11 is 0. The molecule has 2 aromatic rings. The molecule has 0 aromatic carbocycles. The highest BCUT2D eigenvalue weighted by Crippen LogP contribution is 2.33. The van der Waals surface area contributed by atoms with Crippen molar-refractivity contribution in [2.75, 3.05) is 7.11 Å². The zero-order chi connectivity index (χ0) is 14.4. The van der Waals surface area contributed by atoms with Crippen molar-refractivity contribution in [2.24, 2.45) is 0 Å². The Balaban J connectivity index is 2.28. The number of esters is 1. The summed E-state index contributed by atoms with van der Waals surface area (Å²) in [4.78, 5) is 42.4. The van der Waals surface area contributed by atoms with E-state index >= 15 is 0 Å². The minimum absolute atomic E-state index is 0.103. The summed E-state index contributed by atoms with van der Waals surface area (Å²) in [5, 5.41) is 0. The first kappa shape index (κ1) is 12.3. The van der Waals surface area contributed by atoms with Crippen molar-refractivity contribution >= 4 is 17.5 Å². The number of ketones is 2. The van der Waals surface area contributed by atoms with Crippen LogP contribution in [-0.2, 0) is 4.74 Å². The van der Waals surface area contributed by atoms with E-state index in [1.807, 2.05) is 6.92 Å². The molecule has 1 aliphatic carbocycles. The van der Waals surface area contributed by atoms with E-state index in [-0.39, 0.29) is 17.0 Å². The molecular weight excluding hydrogens is 260 g/mol. The maximum absolute atomic E-state index is 12.0. The molecule has 20 heavy (non-hydrogen) atoms. The monoisotopic (exact) mass is 270 g/mol. The number of nitrogens with zero attached hydrogens (tertiary/aromatic N) is 1. The molecule has 0 saturated heterocycles. The number of H-pyrrole nitrogens is 1. The summed E-state index contributed by atoms with van der Waals surface area (Å²) in [6.07, 6.45) is 1.53. The number of ether oxygens (including phenoxy) is 1. The Morgan fingerprint density at radius 2 is 1.95 bits per heavy atom. The van der Waals surface area contributed by atoms with Gasteiger partial charge in [0.15, 0.2) is 0 Å². The minimum Gasteiger partial charge on any atom is -0.464 e. The fourth-order valence-corrected chi connectivity index (χ4v) is 2.24. The summed E-state index contributed by atoms with van der Waals surface area (Å²) in [7, 11) is 1.24. The lowest BCUT2D eigenvalue weighted by molar-refractivity contribution is 0.0595. The maximum Gasteiger partial charge on any atom is 0.354 e. The number of aromatic amines is 1. The van der Waals surface area contributed by atoms with E-state index in [0.717, 1.165) is 5.56 Å². The van der Waals surface area contributed by atoms with Crippen LogP contribution in [0.1, 0.15) is 36.9 Å². The van der Waals surface area contributed by atoms with Crippen molar-refractivity contribution in [1.82, 2.24) is 9.97 Å². The van der Waals surface area contributed by atoms with Crippen LogP contribution >= 0.6 is 0 Å². The number of carbonyl (C=O) groups excluding carboxylic acids is 3. The van der Waals surface area contributed by atoms with Crippen molar-refractivity contribution in [3.05, 3.63) is 40.8 Å². The van der Waals surface area contributed by atoms with Gasteiger partial charge in [-0.15, -0.1) is 0 Å². The normalized spacial score (nSPS) is 12.9. The lowest BCUT2D eigenvalue weighted by atomic mass is 9.91. The van der Waals surface area contributed by atoms with Crippen LogP contribution in [0.4, 0.5) is 0 Å². The van der Waals surface area contributed by atoms with Gasteiger partial charge in [0.2, 0.25) is 5.78 Å². The fourth-order valence-electron chi connectivity index (χ4n) is 2.24. The second-order valence-corrected chi connectivity index (χ2v) is 4.53. The SMILES string of the molecule is COC(=O)c1cc2c([nH]1)-c1cc(C)cnc1C(=O)C2=O. The molecule has 3 rings (SSSR count). The number of aromatic nitrogens is 2. The number of hydrogen-bond donors (Lipinski definition) is 1. The van der Waals surface area contributed by atoms with Crippen molar-refractivity contribution in [3.8, 4) is 11.3 Å². The van der Waals surface area contributed by atoms with Gasteiger partial charge in [-0.3, -0.25) is 14.6 Å². The molecule has 0 atom stereocenters. The van der Waals surface area contributed by atoms with Gasteiger partial charge in [0, 0.05) is 11.8 Å². The Labute approximate surface area is 113 Å². The van der Waals surface area contributed by atoms with E-state index in [4.69, 9.17) is 0 Å². The summed E-state index contributed by atoms with van der Waals surface area (Å²) < 4.78 is 4.61. The van der Waals surface area contributed by atoms with Crippen LogP contribution in [0.25, 0.3) is 11.3 Å². The molecule has 2 heterocycles. The fraction of sp³-hybridized carbons (Fsp3) is 0.143. The predicted molar refractivity (Wildman–Crippen MR) is 68.8 cm³/mol. The molecule has 6 nitrogen and oxygen atoms in total. The standard InChI is InChI=1S/C14H10N2O4/c1-6-3-7-10-8(4-9(16-10)14(19)20-2)12(17)13(18)11(7)15-5-6/h3-5,16H,1-2H3. The largest absolute Gasteiger partial charge is 0.464 e. The van der Waals surface area contributed by atoms with Crippen LogP contribution in [-0.4, -0.2) is 34.6 Å². The Morgan fingerprint density at radius 3 is 2.65 bits per heavy atom. The molecule has 0 aliphatic heterocycles. The maximum atomic E-state index is 12.0. The lowest BCUT2D eigenvalue weighted by Gasteiger charge is -2.13. The zero-order valence-corrected chi connectivity index (χ0v) is 10.8. The van der Waals surface area contributed by atoms with Crippen LogP contribution in [0, 0.1) is 6.92 Å². The summed E-state index contributed by atoms with van der Waals surface area (Å²) in [5.74, 6) is -1.93. The second kappa shape index (κ2) is 4.12. The third-order valence-corrected chi connectivity index (χ3v) is 3.18. The van der Waals surface area contributed by atoms with Gasteiger partial charge in [-0.05, 0) is 24.6 Å². The van der Waals surface area contributed by atoms with E-state index in [0.29, 0.717) is 11.3 Å². The molecule has 0 saturated carbocycles. The van der Waals surface area contributed by atoms with Gasteiger partial charge in [0.25, 0.3) is 5.78 Å². The van der Waals surface area contributed by atoms with Gasteiger partial charge in [-0.2, -0.15) is 0 Å². The van der Waals surface area contributed by atoms with Gasteiger partial charge < -0.3 is 9.72 Å². The third kappa shape index (κ3) is 1.58. The first-order valence-corrected chi connectivity index (χ1v) is 5.90. The number of carbonyl (C=O) groups is 3. The highest BCUT2D eigenvalue weighted by Gasteiger charge is 2.34. The van der Waals surface area contributed by atoms with Crippen LogP contribution in [0.15, 0.2) is 18.3 Å². The number of methoxy groups -OCH3 is 1. The summed E-state index contributed by atoms with van der Waals surface area (Å²) in [5.41, 5.74) is 2.22. The van der Waals surface area contributed by atoms with Gasteiger partial charge in [0.1, 0.15) is 11.4 Å². The van der Waals surface area contributed by atoms with Crippen LogP contribution in [0.2, 0.25) is 0 Å². The number of Topliss-reactive ketones (excluding diaryl/α,β-unsaturated/α-hetero) is 2. The van der Waals surface area contributed by atoms with Gasteiger partial charge >= 0.3 is 5.97 Å². The molecule has 0 unspecified atom stereocenters. The zero-order valence-electron chi connectivity index (χ0n) is 10.8.